The van der Waals surface area contributed by atoms with E-state index in [9.17, 15) is 9.90 Å². The molecule has 0 bridgehead atoms. The van der Waals surface area contributed by atoms with E-state index in [4.69, 9.17) is 4.42 Å². The number of rotatable bonds is 6. The van der Waals surface area contributed by atoms with Gasteiger partial charge in [-0.2, -0.15) is 15.0 Å². The predicted octanol–water partition coefficient (Wildman–Crippen LogP) is 3.80. The summed E-state index contributed by atoms with van der Waals surface area (Å²) in [7, 11) is 0. The van der Waals surface area contributed by atoms with Crippen LogP contribution in [0.3, 0.4) is 0 Å². The Labute approximate surface area is 167 Å². The molecule has 0 aliphatic rings. The fraction of sp³-hybridized carbons (Fsp3) is 0.0952. The van der Waals surface area contributed by atoms with Gasteiger partial charge in [-0.25, -0.2) is 4.79 Å². The first kappa shape index (κ1) is 18.3. The number of furan rings is 1. The van der Waals surface area contributed by atoms with Gasteiger partial charge >= 0.3 is 6.03 Å². The standard InChI is InChI=1S/C21H19N5O3/c27-20-6-2-1-4-16(20)14-25(15-19-5-3-13-29-19)21(28)24-17-7-9-18(10-8-17)26-22-11-12-23-26/h1-13,27H,14-15H2,(H,24,28). The van der Waals surface area contributed by atoms with Gasteiger partial charge in [0.25, 0.3) is 0 Å². The number of carbonyl (C=O) groups excluding carboxylic acids is 1. The quantitative estimate of drug-likeness (QED) is 0.523. The van der Waals surface area contributed by atoms with Crippen LogP contribution < -0.4 is 5.32 Å². The van der Waals surface area contributed by atoms with Crippen molar-refractivity contribution in [3.8, 4) is 11.4 Å². The fourth-order valence-corrected chi connectivity index (χ4v) is 2.87. The molecule has 29 heavy (non-hydrogen) atoms. The number of aromatic nitrogens is 3. The Morgan fingerprint density at radius 3 is 2.45 bits per heavy atom. The average Bonchev–Trinajstić information content (AvgIpc) is 3.44. The van der Waals surface area contributed by atoms with Gasteiger partial charge in [-0.1, -0.05) is 18.2 Å². The van der Waals surface area contributed by atoms with Crippen molar-refractivity contribution >= 4 is 11.7 Å². The third kappa shape index (κ3) is 4.44. The highest BCUT2D eigenvalue weighted by Crippen LogP contribution is 2.20. The monoisotopic (exact) mass is 389 g/mol. The lowest BCUT2D eigenvalue weighted by Crippen LogP contribution is -2.34. The number of phenols is 1. The summed E-state index contributed by atoms with van der Waals surface area (Å²) in [6.45, 7) is 0.497. The highest BCUT2D eigenvalue weighted by Gasteiger charge is 2.17. The van der Waals surface area contributed by atoms with E-state index in [0.717, 1.165) is 5.69 Å². The number of nitrogens with zero attached hydrogens (tertiary/aromatic N) is 4. The Bertz CT molecular complexity index is 1060. The zero-order valence-corrected chi connectivity index (χ0v) is 15.5. The lowest BCUT2D eigenvalue weighted by molar-refractivity contribution is 0.200. The molecule has 0 saturated carbocycles. The summed E-state index contributed by atoms with van der Waals surface area (Å²) in [4.78, 5) is 16.0. The molecule has 2 aromatic heterocycles. The molecule has 8 nitrogen and oxygen atoms in total. The normalized spacial score (nSPS) is 10.6. The maximum Gasteiger partial charge on any atom is 0.322 e. The minimum atomic E-state index is -0.311. The van der Waals surface area contributed by atoms with E-state index in [0.29, 0.717) is 17.0 Å². The fourth-order valence-electron chi connectivity index (χ4n) is 2.87. The molecular formula is C21H19N5O3. The van der Waals surface area contributed by atoms with Crippen molar-refractivity contribution in [1.29, 1.82) is 0 Å². The van der Waals surface area contributed by atoms with Crippen molar-refractivity contribution in [3.63, 3.8) is 0 Å². The van der Waals surface area contributed by atoms with Gasteiger partial charge in [0, 0.05) is 11.3 Å². The van der Waals surface area contributed by atoms with E-state index in [1.54, 1.807) is 66.0 Å². The van der Waals surface area contributed by atoms with Gasteiger partial charge in [0.2, 0.25) is 0 Å². The largest absolute Gasteiger partial charge is 0.508 e. The van der Waals surface area contributed by atoms with Gasteiger partial charge in [0.1, 0.15) is 11.5 Å². The van der Waals surface area contributed by atoms with Crippen molar-refractivity contribution < 1.29 is 14.3 Å². The number of urea groups is 1. The molecule has 2 heterocycles. The van der Waals surface area contributed by atoms with Crippen molar-refractivity contribution in [3.05, 3.63) is 90.6 Å². The van der Waals surface area contributed by atoms with Crippen LogP contribution in [0.4, 0.5) is 10.5 Å². The van der Waals surface area contributed by atoms with E-state index >= 15 is 0 Å². The van der Waals surface area contributed by atoms with E-state index in [2.05, 4.69) is 15.5 Å². The van der Waals surface area contributed by atoms with Gasteiger partial charge in [-0.3, -0.25) is 0 Å². The number of aromatic hydroxyl groups is 1. The number of hydrogen-bond donors (Lipinski definition) is 2. The molecular weight excluding hydrogens is 370 g/mol. The minimum absolute atomic E-state index is 0.140. The molecule has 0 saturated heterocycles. The Morgan fingerprint density at radius 2 is 1.76 bits per heavy atom. The van der Waals surface area contributed by atoms with Crippen LogP contribution in [0.25, 0.3) is 5.69 Å². The molecule has 0 aliphatic heterocycles. The molecule has 0 fully saturated rings. The topological polar surface area (TPSA) is 96.4 Å². The van der Waals surface area contributed by atoms with Gasteiger partial charge in [0.05, 0.1) is 37.4 Å². The first-order valence-electron chi connectivity index (χ1n) is 9.01. The lowest BCUT2D eigenvalue weighted by atomic mass is 10.2. The number of benzene rings is 2. The van der Waals surface area contributed by atoms with Crippen molar-refractivity contribution in [2.45, 2.75) is 13.1 Å². The molecule has 0 spiro atoms. The summed E-state index contributed by atoms with van der Waals surface area (Å²) in [5.74, 6) is 0.788. The average molecular weight is 389 g/mol. The lowest BCUT2D eigenvalue weighted by Gasteiger charge is -2.23. The molecule has 0 atom stereocenters. The van der Waals surface area contributed by atoms with Crippen LogP contribution in [0.5, 0.6) is 5.75 Å². The van der Waals surface area contributed by atoms with E-state index < -0.39 is 0 Å². The summed E-state index contributed by atoms with van der Waals surface area (Å²) in [5.41, 5.74) is 2.07. The summed E-state index contributed by atoms with van der Waals surface area (Å²) >= 11 is 0. The Morgan fingerprint density at radius 1 is 1.00 bits per heavy atom. The number of nitrogens with one attached hydrogen (secondary N) is 1. The maximum atomic E-state index is 12.9. The molecule has 0 unspecified atom stereocenters. The van der Waals surface area contributed by atoms with Gasteiger partial charge in [0.15, 0.2) is 0 Å². The second-order valence-electron chi connectivity index (χ2n) is 6.36. The predicted molar refractivity (Wildman–Crippen MR) is 106 cm³/mol. The number of hydrogen-bond acceptors (Lipinski definition) is 5. The van der Waals surface area contributed by atoms with Crippen LogP contribution in [-0.2, 0) is 13.1 Å². The Hall–Kier alpha value is -4.07. The molecule has 2 aromatic carbocycles. The van der Waals surface area contributed by atoms with E-state index in [-0.39, 0.29) is 24.9 Å². The summed E-state index contributed by atoms with van der Waals surface area (Å²) < 4.78 is 5.39. The van der Waals surface area contributed by atoms with Gasteiger partial charge in [-0.05, 0) is 42.5 Å². The third-order valence-corrected chi connectivity index (χ3v) is 4.34. The number of anilines is 1. The zero-order chi connectivity index (χ0) is 20.1. The SMILES string of the molecule is O=C(Nc1ccc(-n2nccn2)cc1)N(Cc1ccco1)Cc1ccccc1O. The molecule has 146 valence electrons. The number of para-hydroxylation sites is 1. The van der Waals surface area contributed by atoms with E-state index in [1.165, 1.54) is 4.80 Å². The molecule has 4 rings (SSSR count). The first-order valence-corrected chi connectivity index (χ1v) is 9.01. The number of amides is 2. The van der Waals surface area contributed by atoms with Crippen LogP contribution in [0.1, 0.15) is 11.3 Å². The van der Waals surface area contributed by atoms with Crippen molar-refractivity contribution in [2.75, 3.05) is 5.32 Å². The number of phenolic OH excluding ortho intramolecular Hbond substituents is 1. The van der Waals surface area contributed by atoms with Crippen molar-refractivity contribution in [2.24, 2.45) is 0 Å². The molecule has 8 heteroatoms. The minimum Gasteiger partial charge on any atom is -0.508 e. The van der Waals surface area contributed by atoms with Crippen molar-refractivity contribution in [1.82, 2.24) is 19.9 Å². The first-order chi connectivity index (χ1) is 14.2. The second-order valence-corrected chi connectivity index (χ2v) is 6.36. The summed E-state index contributed by atoms with van der Waals surface area (Å²) in [6.07, 6.45) is 4.76. The summed E-state index contributed by atoms with van der Waals surface area (Å²) in [5, 5.41) is 21.1. The third-order valence-electron chi connectivity index (χ3n) is 4.34. The Balaban J connectivity index is 1.50. The molecule has 0 aliphatic carbocycles. The Kier molecular flexibility index (Phi) is 5.24. The van der Waals surface area contributed by atoms with Crippen LogP contribution in [0.15, 0.2) is 83.7 Å². The van der Waals surface area contributed by atoms with Gasteiger partial charge in [-0.15, -0.1) is 0 Å². The molecule has 0 radical (unpaired) electrons. The molecule has 2 amide bonds. The van der Waals surface area contributed by atoms with E-state index in [1.807, 2.05) is 18.2 Å². The number of carbonyl (C=O) groups is 1. The molecule has 2 N–H and O–H groups in total. The van der Waals surface area contributed by atoms with Gasteiger partial charge < -0.3 is 19.7 Å². The highest BCUT2D eigenvalue weighted by molar-refractivity contribution is 5.89. The summed E-state index contributed by atoms with van der Waals surface area (Å²) in [6, 6.07) is 17.4. The maximum absolute atomic E-state index is 12.9. The molecule has 4 aromatic rings. The van der Waals surface area contributed by atoms with Crippen LogP contribution >= 0.6 is 0 Å². The highest BCUT2D eigenvalue weighted by atomic mass is 16.3. The van der Waals surface area contributed by atoms with Crippen LogP contribution in [0.2, 0.25) is 0 Å². The van der Waals surface area contributed by atoms with Crippen LogP contribution in [0, 0.1) is 0 Å². The smallest absolute Gasteiger partial charge is 0.322 e. The second kappa shape index (κ2) is 8.30. The van der Waals surface area contributed by atoms with Crippen LogP contribution in [-0.4, -0.2) is 31.0 Å². The zero-order valence-electron chi connectivity index (χ0n) is 15.5.